The Balaban J connectivity index is 0.000000127. The molecule has 3 saturated heterocycles. The molecule has 402 valence electrons. The summed E-state index contributed by atoms with van der Waals surface area (Å²) in [6.07, 6.45) is 4.32. The van der Waals surface area contributed by atoms with Crippen LogP contribution in [0.3, 0.4) is 0 Å². The van der Waals surface area contributed by atoms with Crippen molar-refractivity contribution in [3.05, 3.63) is 16.9 Å². The van der Waals surface area contributed by atoms with Gasteiger partial charge in [0.25, 0.3) is 0 Å². The summed E-state index contributed by atoms with van der Waals surface area (Å²) >= 11 is 3.35. The van der Waals surface area contributed by atoms with Gasteiger partial charge in [-0.15, -0.1) is 0 Å². The summed E-state index contributed by atoms with van der Waals surface area (Å²) in [5, 5.41) is 60.7. The van der Waals surface area contributed by atoms with Gasteiger partial charge < -0.3 is 76.3 Å². The second-order valence-electron chi connectivity index (χ2n) is 19.8. The highest BCUT2D eigenvalue weighted by molar-refractivity contribution is 9.10. The first-order valence-corrected chi connectivity index (χ1v) is 26.0. The monoisotopic (exact) mass is 1100 g/mol. The smallest absolute Gasteiger partial charge is 0.320 e. The number of aryl methyl sites for hydroxylation is 1. The first kappa shape index (κ1) is 52.0. The quantitative estimate of drug-likeness (QED) is 0.0937. The van der Waals surface area contributed by atoms with Crippen molar-refractivity contribution in [2.24, 2.45) is 0 Å². The molecule has 74 heavy (non-hydrogen) atoms. The van der Waals surface area contributed by atoms with Crippen LogP contribution in [0.1, 0.15) is 122 Å². The molecule has 12 rings (SSSR count). The average Bonchev–Trinajstić information content (AvgIpc) is 4.25. The molecule has 28 heteroatoms. The Morgan fingerprint density at radius 1 is 0.486 bits per heavy atom. The zero-order valence-corrected chi connectivity index (χ0v) is 42.9. The van der Waals surface area contributed by atoms with Crippen LogP contribution in [0.4, 0.5) is 17.5 Å². The summed E-state index contributed by atoms with van der Waals surface area (Å²) in [5.74, 6) is 1.20. The van der Waals surface area contributed by atoms with E-state index >= 15 is 0 Å². The van der Waals surface area contributed by atoms with Gasteiger partial charge in [0.2, 0.25) is 0 Å². The van der Waals surface area contributed by atoms with Crippen LogP contribution in [0.2, 0.25) is 0 Å². The Morgan fingerprint density at radius 2 is 0.851 bits per heavy atom. The molecule has 12 N–H and O–H groups in total. The number of hydrogen-bond donors (Lipinski definition) is 9. The zero-order chi connectivity index (χ0) is 52.3. The largest absolute Gasteiger partial charge is 0.460 e. The number of nitrogen functional groups attached to an aromatic ring is 3. The lowest BCUT2D eigenvalue weighted by atomic mass is 10.1. The van der Waals surface area contributed by atoms with E-state index in [1.54, 1.807) is 41.4 Å². The number of hydrogen-bond acceptors (Lipinski definition) is 24. The minimum absolute atomic E-state index is 0.0897. The third kappa shape index (κ3) is 10.1. The number of aliphatic hydroxyl groups excluding tert-OH is 6. The Bertz CT molecular complexity index is 2810. The number of aromatic nitrogens is 12. The molecule has 3 aliphatic carbocycles. The maximum atomic E-state index is 10.3. The van der Waals surface area contributed by atoms with E-state index in [0.29, 0.717) is 44.0 Å². The molecule has 0 amide bonds. The lowest BCUT2D eigenvalue weighted by Gasteiger charge is -2.18. The predicted octanol–water partition coefficient (Wildman–Crippen LogP) is 2.18. The topological polar surface area (TPSA) is 386 Å². The van der Waals surface area contributed by atoms with Gasteiger partial charge in [-0.05, 0) is 121 Å². The highest BCUT2D eigenvalue weighted by Gasteiger charge is 2.45. The third-order valence-electron chi connectivity index (χ3n) is 14.6. The van der Waals surface area contributed by atoms with Crippen molar-refractivity contribution >= 4 is 66.9 Å². The maximum absolute atomic E-state index is 10.3. The molecule has 0 bridgehead atoms. The van der Waals surface area contributed by atoms with Gasteiger partial charge in [0.1, 0.15) is 60.8 Å². The molecule has 9 heterocycles. The molecule has 12 atom stereocenters. The molecule has 0 unspecified atom stereocenters. The van der Waals surface area contributed by atoms with Gasteiger partial charge in [-0.2, -0.15) is 29.9 Å². The summed E-state index contributed by atoms with van der Waals surface area (Å²) in [4.78, 5) is 38.8. The Hall–Kier alpha value is -5.43. The Morgan fingerprint density at radius 3 is 1.27 bits per heavy atom. The van der Waals surface area contributed by atoms with Gasteiger partial charge >= 0.3 is 18.0 Å². The number of imidazole rings is 3. The average molecular weight is 1100 g/mol. The molecular formula is C46H64BrN15O12. The van der Waals surface area contributed by atoms with Gasteiger partial charge in [0.05, 0.1) is 24.6 Å². The van der Waals surface area contributed by atoms with Gasteiger partial charge in [-0.1, -0.05) is 0 Å². The number of fused-ring (bicyclic) bond motifs is 3. The molecular weight excluding hydrogens is 1030 g/mol. The number of halogens is 1. The van der Waals surface area contributed by atoms with Crippen LogP contribution < -0.4 is 31.4 Å². The second-order valence-corrected chi connectivity index (χ2v) is 20.5. The number of rotatable bonds is 9. The second kappa shape index (κ2) is 21.3. The van der Waals surface area contributed by atoms with Gasteiger partial charge in [-0.25, -0.2) is 15.0 Å². The molecule has 3 aliphatic heterocycles. The number of anilines is 3. The fraction of sp³-hybridized carbons (Fsp3) is 0.674. The van der Waals surface area contributed by atoms with Crippen LogP contribution in [-0.4, -0.2) is 162 Å². The molecule has 6 aromatic heterocycles. The highest BCUT2D eigenvalue weighted by Crippen LogP contribution is 2.38. The lowest BCUT2D eigenvalue weighted by Crippen LogP contribution is -2.30. The molecule has 6 fully saturated rings. The highest BCUT2D eigenvalue weighted by atomic mass is 79.9. The van der Waals surface area contributed by atoms with E-state index in [2.05, 4.69) is 60.8 Å². The molecule has 0 radical (unpaired) electrons. The van der Waals surface area contributed by atoms with Gasteiger partial charge in [-0.3, -0.25) is 13.7 Å². The summed E-state index contributed by atoms with van der Waals surface area (Å²) < 4.78 is 39.7. The molecule has 0 spiro atoms. The third-order valence-corrected chi connectivity index (χ3v) is 15.2. The fourth-order valence-corrected chi connectivity index (χ4v) is 11.0. The first-order chi connectivity index (χ1) is 35.4. The minimum Gasteiger partial charge on any atom is -0.460 e. The predicted molar refractivity (Wildman–Crippen MR) is 265 cm³/mol. The molecule has 3 saturated carbocycles. The Labute approximate surface area is 431 Å². The number of aliphatic hydroxyl groups is 6. The van der Waals surface area contributed by atoms with Crippen molar-refractivity contribution in [2.75, 3.05) is 17.2 Å². The van der Waals surface area contributed by atoms with Crippen LogP contribution in [0, 0.1) is 6.92 Å². The van der Waals surface area contributed by atoms with Crippen LogP contribution in [0.5, 0.6) is 18.0 Å². The van der Waals surface area contributed by atoms with E-state index in [0.717, 1.165) is 77.0 Å². The summed E-state index contributed by atoms with van der Waals surface area (Å²) in [7, 11) is 0. The van der Waals surface area contributed by atoms with E-state index in [1.807, 2.05) is 0 Å². The molecule has 0 aromatic carbocycles. The van der Waals surface area contributed by atoms with E-state index in [4.69, 9.17) is 45.6 Å². The van der Waals surface area contributed by atoms with Crippen molar-refractivity contribution in [2.45, 2.75) is 197 Å². The van der Waals surface area contributed by atoms with E-state index < -0.39 is 73.6 Å². The molecule has 27 nitrogen and oxygen atoms in total. The van der Waals surface area contributed by atoms with Crippen LogP contribution in [0.25, 0.3) is 33.5 Å². The summed E-state index contributed by atoms with van der Waals surface area (Å²) in [6, 6.07) is 0.598. The summed E-state index contributed by atoms with van der Waals surface area (Å²) in [6.45, 7) is 6.87. The number of nitrogens with zero attached hydrogens (tertiary/aromatic N) is 12. The van der Waals surface area contributed by atoms with E-state index in [1.165, 1.54) is 6.33 Å². The lowest BCUT2D eigenvalue weighted by molar-refractivity contribution is -0.0313. The molecule has 6 aliphatic rings. The standard InChI is InChI=1S/C16H23N5O4.C15H20BrN5O4.C15H21N5O4/c1-7-11(22)12(23)15(24-7)21-8(2)18-10-13(17)19-16(20-14(10)21)25-9-5-3-4-6-9;1-6-9(22)10(23)13(24-6)21-12-8(18-14(21)16)11(17)19-15(20-12)25-7-4-2-3-5-7;1-7-10(21)11(22)14(23-7)20-6-17-9-12(16)18-15(19-13(9)20)24-8-4-2-3-5-8/h7,9,11-12,15,22-23H,3-6H2,1-2H3,(H2,17,19,20);6-7,9-10,13,22-23H,2-5H2,1H3,(H2,17,19,20);6-8,10-11,14,21-22H,2-5H2,1H3,(H2,16,18,19)/t7-,11-,12-,15-;6-,9-,10-,13-;7-,10-,11-,14-/m111/s1. The zero-order valence-electron chi connectivity index (χ0n) is 41.3. The van der Waals surface area contributed by atoms with Crippen molar-refractivity contribution in [3.8, 4) is 18.0 Å². The van der Waals surface area contributed by atoms with E-state index in [9.17, 15) is 30.6 Å². The number of ether oxygens (including phenoxy) is 6. The van der Waals surface area contributed by atoms with Crippen LogP contribution in [0.15, 0.2) is 11.1 Å². The molecule has 6 aromatic rings. The summed E-state index contributed by atoms with van der Waals surface area (Å²) in [5.41, 5.74) is 20.5. The minimum atomic E-state index is -1.11. The van der Waals surface area contributed by atoms with Crippen molar-refractivity contribution in [3.63, 3.8) is 0 Å². The van der Waals surface area contributed by atoms with E-state index in [-0.39, 0.29) is 53.8 Å². The van der Waals surface area contributed by atoms with Crippen molar-refractivity contribution < 1.29 is 59.1 Å². The SMILES string of the molecule is C[C@H]1O[C@@H](n2c(Br)nc3c(N)nc(OC4CCCC4)nc32)[C@H](O)[C@@H]1O.C[C@H]1O[C@@H](n2cnc3c(N)nc(OC4CCCC4)nc32)[C@H](O)[C@@H]1O.Cc1nc2c(N)nc(OC3CCCC3)nc2n1[C@@H]1O[C@H](C)[C@@H](O)[C@H]1O. The first-order valence-electron chi connectivity index (χ1n) is 25.2. The van der Waals surface area contributed by atoms with Crippen LogP contribution >= 0.6 is 15.9 Å². The fourth-order valence-electron chi connectivity index (χ4n) is 10.4. The van der Waals surface area contributed by atoms with Gasteiger partial charge in [0, 0.05) is 0 Å². The number of nitrogens with two attached hydrogens (primary N) is 3. The van der Waals surface area contributed by atoms with Crippen molar-refractivity contribution in [1.29, 1.82) is 0 Å². The van der Waals surface area contributed by atoms with Gasteiger partial charge in [0.15, 0.2) is 74.4 Å². The maximum Gasteiger partial charge on any atom is 0.320 e. The normalized spacial score (nSPS) is 30.6. The Kier molecular flexibility index (Phi) is 15.0. The van der Waals surface area contributed by atoms with Crippen LogP contribution in [-0.2, 0) is 14.2 Å². The van der Waals surface area contributed by atoms with Crippen molar-refractivity contribution in [1.82, 2.24) is 58.6 Å².